The largest absolute Gasteiger partial charge is 0.497 e. The van der Waals surface area contributed by atoms with Crippen LogP contribution in [-0.2, 0) is 10.0 Å². The standard InChI is InChI=1S/C23H27N3O5S/c1-4-30-21-11-10-20(13-16(21)2)32(27,28)26-12-6-8-18(15-26)23-25-24-22(31-23)17-7-5-9-19(14-17)29-3/h5,7,9-11,13-14,18H,4,6,8,12,15H2,1-3H3/t18-/m0/s1. The normalized spacial score (nSPS) is 17.3. The Bertz CT molecular complexity index is 1190. The summed E-state index contributed by atoms with van der Waals surface area (Å²) in [6, 6.07) is 12.4. The summed E-state index contributed by atoms with van der Waals surface area (Å²) in [5.41, 5.74) is 1.55. The molecule has 0 N–H and O–H groups in total. The molecule has 1 aliphatic heterocycles. The molecule has 0 radical (unpaired) electrons. The van der Waals surface area contributed by atoms with Gasteiger partial charge in [-0.05, 0) is 68.7 Å². The first kappa shape index (κ1) is 22.3. The third-order valence-electron chi connectivity index (χ3n) is 5.57. The number of aromatic nitrogens is 2. The zero-order valence-corrected chi connectivity index (χ0v) is 19.3. The Labute approximate surface area is 188 Å². The topological polar surface area (TPSA) is 94.8 Å². The Morgan fingerprint density at radius 1 is 1.19 bits per heavy atom. The van der Waals surface area contributed by atoms with Crippen molar-refractivity contribution >= 4 is 10.0 Å². The van der Waals surface area contributed by atoms with Crippen molar-refractivity contribution in [2.75, 3.05) is 26.8 Å². The lowest BCUT2D eigenvalue weighted by Crippen LogP contribution is -2.39. The average Bonchev–Trinajstić information content (AvgIpc) is 3.31. The predicted octanol–water partition coefficient (Wildman–Crippen LogP) is 4.02. The van der Waals surface area contributed by atoms with Crippen LogP contribution in [0.3, 0.4) is 0 Å². The second-order valence-electron chi connectivity index (χ2n) is 7.74. The molecule has 2 aromatic carbocycles. The van der Waals surface area contributed by atoms with Crippen molar-refractivity contribution in [3.05, 3.63) is 53.9 Å². The number of sulfonamides is 1. The van der Waals surface area contributed by atoms with Crippen LogP contribution in [0.1, 0.15) is 37.1 Å². The van der Waals surface area contributed by atoms with E-state index in [0.29, 0.717) is 43.0 Å². The molecule has 170 valence electrons. The highest BCUT2D eigenvalue weighted by Gasteiger charge is 2.33. The van der Waals surface area contributed by atoms with E-state index in [-0.39, 0.29) is 10.8 Å². The Balaban J connectivity index is 1.53. The second-order valence-corrected chi connectivity index (χ2v) is 9.68. The van der Waals surface area contributed by atoms with E-state index >= 15 is 0 Å². The van der Waals surface area contributed by atoms with Gasteiger partial charge >= 0.3 is 0 Å². The fourth-order valence-corrected chi connectivity index (χ4v) is 5.49. The molecule has 1 aromatic heterocycles. The summed E-state index contributed by atoms with van der Waals surface area (Å²) in [6.45, 7) is 5.04. The van der Waals surface area contributed by atoms with E-state index in [0.717, 1.165) is 24.0 Å². The summed E-state index contributed by atoms with van der Waals surface area (Å²) in [6.07, 6.45) is 1.50. The number of methoxy groups -OCH3 is 1. The zero-order chi connectivity index (χ0) is 22.7. The van der Waals surface area contributed by atoms with Crippen LogP contribution < -0.4 is 9.47 Å². The molecule has 9 heteroatoms. The van der Waals surface area contributed by atoms with Crippen molar-refractivity contribution in [3.8, 4) is 23.0 Å². The van der Waals surface area contributed by atoms with E-state index in [1.54, 1.807) is 25.3 Å². The second kappa shape index (κ2) is 9.30. The van der Waals surface area contributed by atoms with E-state index in [1.165, 1.54) is 4.31 Å². The fourth-order valence-electron chi connectivity index (χ4n) is 3.88. The van der Waals surface area contributed by atoms with Crippen molar-refractivity contribution in [2.45, 2.75) is 37.5 Å². The summed E-state index contributed by atoms with van der Waals surface area (Å²) in [7, 11) is -2.04. The van der Waals surface area contributed by atoms with Gasteiger partial charge in [0.15, 0.2) is 0 Å². The molecule has 1 saturated heterocycles. The van der Waals surface area contributed by atoms with Crippen LogP contribution in [-0.4, -0.2) is 49.7 Å². The van der Waals surface area contributed by atoms with Gasteiger partial charge in [0.2, 0.25) is 21.8 Å². The van der Waals surface area contributed by atoms with Gasteiger partial charge in [0.05, 0.1) is 24.5 Å². The molecule has 2 heterocycles. The summed E-state index contributed by atoms with van der Waals surface area (Å²) in [4.78, 5) is 0.265. The van der Waals surface area contributed by atoms with Crippen molar-refractivity contribution in [1.29, 1.82) is 0 Å². The van der Waals surface area contributed by atoms with Crippen LogP contribution in [0.15, 0.2) is 51.8 Å². The van der Waals surface area contributed by atoms with Gasteiger partial charge in [0, 0.05) is 18.7 Å². The zero-order valence-electron chi connectivity index (χ0n) is 18.4. The third-order valence-corrected chi connectivity index (χ3v) is 7.44. The van der Waals surface area contributed by atoms with Crippen LogP contribution in [0.25, 0.3) is 11.5 Å². The molecule has 1 fully saturated rings. The van der Waals surface area contributed by atoms with Crippen molar-refractivity contribution in [1.82, 2.24) is 14.5 Å². The lowest BCUT2D eigenvalue weighted by Gasteiger charge is -2.30. The maximum Gasteiger partial charge on any atom is 0.247 e. The van der Waals surface area contributed by atoms with Crippen LogP contribution in [0.4, 0.5) is 0 Å². The maximum atomic E-state index is 13.3. The van der Waals surface area contributed by atoms with Crippen molar-refractivity contribution in [3.63, 3.8) is 0 Å². The molecule has 4 rings (SSSR count). The molecule has 0 bridgehead atoms. The van der Waals surface area contributed by atoms with E-state index in [1.807, 2.05) is 38.1 Å². The molecular weight excluding hydrogens is 430 g/mol. The van der Waals surface area contributed by atoms with Crippen LogP contribution in [0, 0.1) is 6.92 Å². The number of hydrogen-bond donors (Lipinski definition) is 0. The smallest absolute Gasteiger partial charge is 0.247 e. The van der Waals surface area contributed by atoms with Crippen molar-refractivity contribution in [2.24, 2.45) is 0 Å². The molecule has 1 atom stereocenters. The van der Waals surface area contributed by atoms with Gasteiger partial charge < -0.3 is 13.9 Å². The minimum Gasteiger partial charge on any atom is -0.497 e. The number of ether oxygens (including phenoxy) is 2. The first-order chi connectivity index (χ1) is 15.4. The van der Waals surface area contributed by atoms with E-state index < -0.39 is 10.0 Å². The lowest BCUT2D eigenvalue weighted by atomic mass is 10.00. The monoisotopic (exact) mass is 457 g/mol. The maximum absolute atomic E-state index is 13.3. The number of benzene rings is 2. The average molecular weight is 458 g/mol. The molecule has 0 aliphatic carbocycles. The Morgan fingerprint density at radius 2 is 2.03 bits per heavy atom. The molecule has 0 unspecified atom stereocenters. The molecular formula is C23H27N3O5S. The molecule has 3 aromatic rings. The van der Waals surface area contributed by atoms with Gasteiger partial charge in [-0.15, -0.1) is 10.2 Å². The van der Waals surface area contributed by atoms with Crippen LogP contribution in [0.2, 0.25) is 0 Å². The first-order valence-electron chi connectivity index (χ1n) is 10.6. The first-order valence-corrected chi connectivity index (χ1v) is 12.1. The summed E-state index contributed by atoms with van der Waals surface area (Å²) in [5, 5.41) is 8.38. The lowest BCUT2D eigenvalue weighted by molar-refractivity contribution is 0.286. The minimum atomic E-state index is -3.64. The highest BCUT2D eigenvalue weighted by molar-refractivity contribution is 7.89. The van der Waals surface area contributed by atoms with E-state index in [4.69, 9.17) is 13.9 Å². The molecule has 1 aliphatic rings. The molecule has 32 heavy (non-hydrogen) atoms. The number of aryl methyl sites for hydroxylation is 1. The number of nitrogens with zero attached hydrogens (tertiary/aromatic N) is 3. The molecule has 0 amide bonds. The van der Waals surface area contributed by atoms with E-state index in [9.17, 15) is 8.42 Å². The van der Waals surface area contributed by atoms with Gasteiger partial charge in [0.25, 0.3) is 0 Å². The number of piperidine rings is 1. The Kier molecular flexibility index (Phi) is 6.48. The SMILES string of the molecule is CCOc1ccc(S(=O)(=O)N2CCC[C@H](c3nnc(-c4cccc(OC)c4)o3)C2)cc1C. The Morgan fingerprint density at radius 3 is 2.78 bits per heavy atom. The predicted molar refractivity (Wildman–Crippen MR) is 119 cm³/mol. The van der Waals surface area contributed by atoms with Crippen LogP contribution >= 0.6 is 0 Å². The minimum absolute atomic E-state index is 0.158. The summed E-state index contributed by atoms with van der Waals surface area (Å²) in [5.74, 6) is 2.07. The molecule has 0 spiro atoms. The van der Waals surface area contributed by atoms with Gasteiger partial charge in [-0.2, -0.15) is 4.31 Å². The number of rotatable bonds is 7. The van der Waals surface area contributed by atoms with Crippen molar-refractivity contribution < 1.29 is 22.3 Å². The van der Waals surface area contributed by atoms with Gasteiger partial charge in [-0.1, -0.05) is 6.07 Å². The highest BCUT2D eigenvalue weighted by atomic mass is 32.2. The van der Waals surface area contributed by atoms with Gasteiger partial charge in [0.1, 0.15) is 11.5 Å². The Hall–Kier alpha value is -2.91. The van der Waals surface area contributed by atoms with Gasteiger partial charge in [-0.25, -0.2) is 8.42 Å². The molecule has 8 nitrogen and oxygen atoms in total. The quantitative estimate of drug-likeness (QED) is 0.529. The van der Waals surface area contributed by atoms with Crippen LogP contribution in [0.5, 0.6) is 11.5 Å². The summed E-state index contributed by atoms with van der Waals surface area (Å²) < 4.78 is 44.8. The molecule has 0 saturated carbocycles. The van der Waals surface area contributed by atoms with Gasteiger partial charge in [-0.3, -0.25) is 0 Å². The third kappa shape index (κ3) is 4.49. The highest BCUT2D eigenvalue weighted by Crippen LogP contribution is 2.32. The summed E-state index contributed by atoms with van der Waals surface area (Å²) >= 11 is 0. The number of hydrogen-bond acceptors (Lipinski definition) is 7. The fraction of sp³-hybridized carbons (Fsp3) is 0.391. The van der Waals surface area contributed by atoms with E-state index in [2.05, 4.69) is 10.2 Å².